The van der Waals surface area contributed by atoms with Gasteiger partial charge in [0.1, 0.15) is 0 Å². The Kier molecular flexibility index (Phi) is 4.39. The Labute approximate surface area is 105 Å². The molecular formula is C12H15NO3S. The summed E-state index contributed by atoms with van der Waals surface area (Å²) in [5, 5.41) is 0.836. The van der Waals surface area contributed by atoms with Gasteiger partial charge in [-0.3, -0.25) is 0 Å². The standard InChI is InChI=1S/C12H15NO3S/c1-15-12(14)9-4-5-13-11(7-9)17-8-10-3-2-6-16-10/h4-5,7,10H,2-3,6,8H2,1H3. The third-order valence-corrected chi connectivity index (χ3v) is 3.65. The van der Waals surface area contributed by atoms with Crippen molar-refractivity contribution in [2.45, 2.75) is 24.0 Å². The predicted octanol–water partition coefficient (Wildman–Crippen LogP) is 2.14. The van der Waals surface area contributed by atoms with Crippen LogP contribution in [0.5, 0.6) is 0 Å². The molecule has 0 bridgehead atoms. The zero-order valence-corrected chi connectivity index (χ0v) is 10.5. The smallest absolute Gasteiger partial charge is 0.337 e. The fraction of sp³-hybridized carbons (Fsp3) is 0.500. The third kappa shape index (κ3) is 3.44. The van der Waals surface area contributed by atoms with Crippen LogP contribution in [0.15, 0.2) is 23.4 Å². The monoisotopic (exact) mass is 253 g/mol. The SMILES string of the molecule is COC(=O)c1ccnc(SCC2CCCO2)c1. The highest BCUT2D eigenvalue weighted by molar-refractivity contribution is 7.99. The Morgan fingerprint density at radius 1 is 1.71 bits per heavy atom. The summed E-state index contributed by atoms with van der Waals surface area (Å²) < 4.78 is 10.2. The van der Waals surface area contributed by atoms with Crippen molar-refractivity contribution in [3.8, 4) is 0 Å². The van der Waals surface area contributed by atoms with Crippen molar-refractivity contribution in [3.63, 3.8) is 0 Å². The van der Waals surface area contributed by atoms with Gasteiger partial charge in [-0.1, -0.05) is 0 Å². The maximum absolute atomic E-state index is 11.3. The summed E-state index contributed by atoms with van der Waals surface area (Å²) in [5.74, 6) is 0.559. The molecule has 2 rings (SSSR count). The van der Waals surface area contributed by atoms with Gasteiger partial charge >= 0.3 is 5.97 Å². The van der Waals surface area contributed by atoms with Crippen molar-refractivity contribution in [1.82, 2.24) is 4.98 Å². The zero-order valence-electron chi connectivity index (χ0n) is 9.72. The largest absolute Gasteiger partial charge is 0.465 e. The van der Waals surface area contributed by atoms with Gasteiger partial charge in [-0.2, -0.15) is 0 Å². The number of carbonyl (C=O) groups is 1. The van der Waals surface area contributed by atoms with Gasteiger partial charge in [0.15, 0.2) is 0 Å². The number of esters is 1. The number of hydrogen-bond acceptors (Lipinski definition) is 5. The average Bonchev–Trinajstić information content (AvgIpc) is 2.89. The summed E-state index contributed by atoms with van der Waals surface area (Å²) in [6.45, 7) is 0.862. The molecule has 0 aromatic carbocycles. The van der Waals surface area contributed by atoms with Gasteiger partial charge in [0, 0.05) is 18.6 Å². The lowest BCUT2D eigenvalue weighted by atomic mass is 10.3. The molecule has 17 heavy (non-hydrogen) atoms. The minimum Gasteiger partial charge on any atom is -0.465 e. The first-order valence-electron chi connectivity index (χ1n) is 5.58. The summed E-state index contributed by atoms with van der Waals surface area (Å²) >= 11 is 1.62. The molecule has 5 heteroatoms. The van der Waals surface area contributed by atoms with Crippen LogP contribution in [0.1, 0.15) is 23.2 Å². The predicted molar refractivity (Wildman–Crippen MR) is 65.3 cm³/mol. The fourth-order valence-electron chi connectivity index (χ4n) is 1.69. The van der Waals surface area contributed by atoms with E-state index < -0.39 is 0 Å². The van der Waals surface area contributed by atoms with Gasteiger partial charge in [0.05, 0.1) is 23.8 Å². The molecule has 1 saturated heterocycles. The molecule has 0 spiro atoms. The molecule has 0 radical (unpaired) electrons. The Morgan fingerprint density at radius 2 is 2.59 bits per heavy atom. The van der Waals surface area contributed by atoms with Crippen molar-refractivity contribution >= 4 is 17.7 Å². The second-order valence-corrected chi connectivity index (χ2v) is 4.86. The maximum atomic E-state index is 11.3. The highest BCUT2D eigenvalue weighted by Crippen LogP contribution is 2.22. The quantitative estimate of drug-likeness (QED) is 0.608. The van der Waals surface area contributed by atoms with Crippen molar-refractivity contribution in [2.24, 2.45) is 0 Å². The normalized spacial score (nSPS) is 19.2. The minimum atomic E-state index is -0.327. The lowest BCUT2D eigenvalue weighted by Crippen LogP contribution is -2.08. The molecule has 1 aromatic rings. The van der Waals surface area contributed by atoms with E-state index in [0.717, 1.165) is 30.2 Å². The molecule has 1 fully saturated rings. The topological polar surface area (TPSA) is 48.4 Å². The van der Waals surface area contributed by atoms with Gasteiger partial charge in [0.25, 0.3) is 0 Å². The van der Waals surface area contributed by atoms with Gasteiger partial charge in [0.2, 0.25) is 0 Å². The van der Waals surface area contributed by atoms with Crippen LogP contribution < -0.4 is 0 Å². The van der Waals surface area contributed by atoms with Crippen LogP contribution in [0.2, 0.25) is 0 Å². The molecule has 1 atom stereocenters. The number of ether oxygens (including phenoxy) is 2. The van der Waals surface area contributed by atoms with E-state index in [1.807, 2.05) is 0 Å². The molecule has 1 aliphatic heterocycles. The van der Waals surface area contributed by atoms with E-state index in [1.54, 1.807) is 30.1 Å². The Bertz CT molecular complexity index is 391. The van der Waals surface area contributed by atoms with Crippen molar-refractivity contribution in [2.75, 3.05) is 19.5 Å². The van der Waals surface area contributed by atoms with Gasteiger partial charge in [-0.25, -0.2) is 9.78 Å². The Morgan fingerprint density at radius 3 is 3.29 bits per heavy atom. The molecule has 0 amide bonds. The van der Waals surface area contributed by atoms with E-state index in [1.165, 1.54) is 7.11 Å². The molecule has 92 valence electrons. The summed E-state index contributed by atoms with van der Waals surface area (Å²) in [4.78, 5) is 15.6. The number of rotatable bonds is 4. The summed E-state index contributed by atoms with van der Waals surface area (Å²) in [6, 6.07) is 3.41. The maximum Gasteiger partial charge on any atom is 0.337 e. The minimum absolute atomic E-state index is 0.323. The summed E-state index contributed by atoms with van der Waals surface area (Å²) in [6.07, 6.45) is 4.21. The van der Waals surface area contributed by atoms with Crippen molar-refractivity contribution in [3.05, 3.63) is 23.9 Å². The van der Waals surface area contributed by atoms with E-state index in [-0.39, 0.29) is 5.97 Å². The number of aromatic nitrogens is 1. The summed E-state index contributed by atoms with van der Waals surface area (Å²) in [7, 11) is 1.38. The van der Waals surface area contributed by atoms with Crippen LogP contribution in [-0.4, -0.2) is 36.5 Å². The average molecular weight is 253 g/mol. The number of thioether (sulfide) groups is 1. The molecule has 1 unspecified atom stereocenters. The molecule has 1 aromatic heterocycles. The summed E-state index contributed by atoms with van der Waals surface area (Å²) in [5.41, 5.74) is 0.539. The number of carbonyl (C=O) groups excluding carboxylic acids is 1. The molecule has 4 nitrogen and oxygen atoms in total. The molecule has 2 heterocycles. The van der Waals surface area contributed by atoms with Gasteiger partial charge in [-0.05, 0) is 25.0 Å². The second kappa shape index (κ2) is 6.02. The second-order valence-electron chi connectivity index (χ2n) is 3.82. The van der Waals surface area contributed by atoms with Crippen LogP contribution in [0.25, 0.3) is 0 Å². The van der Waals surface area contributed by atoms with E-state index in [9.17, 15) is 4.79 Å². The number of nitrogens with zero attached hydrogens (tertiary/aromatic N) is 1. The first kappa shape index (κ1) is 12.4. The van der Waals surface area contributed by atoms with E-state index >= 15 is 0 Å². The van der Waals surface area contributed by atoms with E-state index in [0.29, 0.717) is 11.7 Å². The van der Waals surface area contributed by atoms with E-state index in [2.05, 4.69) is 9.72 Å². The van der Waals surface area contributed by atoms with Gasteiger partial charge in [-0.15, -0.1) is 11.8 Å². The molecular weight excluding hydrogens is 238 g/mol. The molecule has 0 aliphatic carbocycles. The number of methoxy groups -OCH3 is 1. The Hall–Kier alpha value is -1.07. The van der Waals surface area contributed by atoms with Crippen LogP contribution >= 0.6 is 11.8 Å². The van der Waals surface area contributed by atoms with Crippen LogP contribution in [0.3, 0.4) is 0 Å². The third-order valence-electron chi connectivity index (χ3n) is 2.60. The first-order chi connectivity index (χ1) is 8.29. The first-order valence-corrected chi connectivity index (χ1v) is 6.57. The van der Waals surface area contributed by atoms with Crippen LogP contribution in [0, 0.1) is 0 Å². The highest BCUT2D eigenvalue weighted by atomic mass is 32.2. The lowest BCUT2D eigenvalue weighted by molar-refractivity contribution is 0.0600. The number of hydrogen-bond donors (Lipinski definition) is 0. The number of pyridine rings is 1. The molecule has 0 N–H and O–H groups in total. The fourth-order valence-corrected chi connectivity index (χ4v) is 2.65. The zero-order chi connectivity index (χ0) is 12.1. The van der Waals surface area contributed by atoms with Gasteiger partial charge < -0.3 is 9.47 Å². The molecule has 0 saturated carbocycles. The van der Waals surface area contributed by atoms with Crippen molar-refractivity contribution < 1.29 is 14.3 Å². The van der Waals surface area contributed by atoms with E-state index in [4.69, 9.17) is 4.74 Å². The molecule has 1 aliphatic rings. The Balaban J connectivity index is 1.93. The van der Waals surface area contributed by atoms with Crippen LogP contribution in [-0.2, 0) is 9.47 Å². The lowest BCUT2D eigenvalue weighted by Gasteiger charge is -2.08. The van der Waals surface area contributed by atoms with Crippen LogP contribution in [0.4, 0.5) is 0 Å². The highest BCUT2D eigenvalue weighted by Gasteiger charge is 2.16. The van der Waals surface area contributed by atoms with Crippen molar-refractivity contribution in [1.29, 1.82) is 0 Å².